The molecular formula is C33H35N2O5PS. The monoisotopic (exact) mass is 602 g/mol. The maximum absolute atomic E-state index is 14.7. The van der Waals surface area contributed by atoms with Crippen LogP contribution in [0.4, 0.5) is 4.79 Å². The molecule has 1 amide bonds. The molecule has 0 aliphatic heterocycles. The van der Waals surface area contributed by atoms with Crippen LogP contribution in [-0.4, -0.2) is 32.0 Å². The minimum absolute atomic E-state index is 0.0145. The third kappa shape index (κ3) is 7.45. The summed E-state index contributed by atoms with van der Waals surface area (Å²) in [5.74, 6) is 0. The molecular weight excluding hydrogens is 567 g/mol. The van der Waals surface area contributed by atoms with Crippen molar-refractivity contribution in [1.29, 1.82) is 0 Å². The molecule has 1 N–H and O–H groups in total. The smallest absolute Gasteiger partial charge is 0.423 e. The van der Waals surface area contributed by atoms with Gasteiger partial charge in [-0.25, -0.2) is 22.6 Å². The van der Waals surface area contributed by atoms with E-state index in [4.69, 9.17) is 4.74 Å². The average molecular weight is 603 g/mol. The molecule has 0 fully saturated rings. The highest BCUT2D eigenvalue weighted by molar-refractivity contribution is 7.89. The number of hydrogen-bond donors (Lipinski definition) is 1. The molecule has 0 radical (unpaired) electrons. The molecule has 1 atom stereocenters. The number of benzene rings is 4. The average Bonchev–Trinajstić information content (AvgIpc) is 3.01. The summed E-state index contributed by atoms with van der Waals surface area (Å²) in [5, 5.41) is 4.76. The zero-order chi connectivity index (χ0) is 30.0. The summed E-state index contributed by atoms with van der Waals surface area (Å²) in [5.41, 5.74) is 1.79. The van der Waals surface area contributed by atoms with E-state index < -0.39 is 29.5 Å². The SMILES string of the molecule is CCOC(=O)N(CC/C=C/C(NP(=O)(c1ccccc1)c1ccccc1)c1ccccc1)S(=O)(=O)c1ccc(C)cc1. The van der Waals surface area contributed by atoms with Crippen molar-refractivity contribution in [3.8, 4) is 0 Å². The molecule has 218 valence electrons. The predicted octanol–water partition coefficient (Wildman–Crippen LogP) is 6.35. The van der Waals surface area contributed by atoms with E-state index in [-0.39, 0.29) is 24.5 Å². The van der Waals surface area contributed by atoms with Gasteiger partial charge in [0.2, 0.25) is 7.29 Å². The molecule has 0 bridgehead atoms. The predicted molar refractivity (Wildman–Crippen MR) is 168 cm³/mol. The number of rotatable bonds is 12. The highest BCUT2D eigenvalue weighted by atomic mass is 32.2. The number of sulfonamides is 1. The Balaban J connectivity index is 1.62. The normalized spacial score (nSPS) is 12.6. The molecule has 0 aliphatic rings. The molecule has 1 unspecified atom stereocenters. The molecule has 0 aromatic heterocycles. The molecule has 7 nitrogen and oxygen atoms in total. The maximum Gasteiger partial charge on any atom is 0.423 e. The van der Waals surface area contributed by atoms with Crippen molar-refractivity contribution in [3.63, 3.8) is 0 Å². The Labute approximate surface area is 248 Å². The number of ether oxygens (including phenoxy) is 1. The fraction of sp³-hybridized carbons (Fsp3) is 0.182. The van der Waals surface area contributed by atoms with Crippen LogP contribution >= 0.6 is 7.29 Å². The lowest BCUT2D eigenvalue weighted by molar-refractivity contribution is 0.131. The van der Waals surface area contributed by atoms with Crippen molar-refractivity contribution < 1.29 is 22.5 Å². The fourth-order valence-electron chi connectivity index (χ4n) is 4.43. The standard InChI is InChI=1S/C33H35N2O5PS/c1-3-40-33(36)35(42(38,39)31-24-22-27(2)23-25-31)26-14-13-21-32(28-15-7-4-8-16-28)34-41(37,29-17-9-5-10-18-29)30-19-11-6-12-20-30/h4-13,15-25,32H,3,14,26H2,1-2H3,(H,34,37)/b21-13+. The largest absolute Gasteiger partial charge is 0.449 e. The first-order chi connectivity index (χ1) is 20.3. The van der Waals surface area contributed by atoms with Gasteiger partial charge in [-0.05, 0) is 62.2 Å². The van der Waals surface area contributed by atoms with Crippen LogP contribution in [0.15, 0.2) is 132 Å². The minimum Gasteiger partial charge on any atom is -0.449 e. The number of nitrogens with one attached hydrogen (secondary N) is 1. The Kier molecular flexibility index (Phi) is 10.5. The summed E-state index contributed by atoms with van der Waals surface area (Å²) in [4.78, 5) is 12.7. The van der Waals surface area contributed by atoms with Gasteiger partial charge in [-0.3, -0.25) is 4.57 Å². The third-order valence-electron chi connectivity index (χ3n) is 6.63. The second kappa shape index (κ2) is 14.3. The van der Waals surface area contributed by atoms with Gasteiger partial charge in [0.1, 0.15) is 0 Å². The zero-order valence-electron chi connectivity index (χ0n) is 23.7. The van der Waals surface area contributed by atoms with Crippen molar-refractivity contribution in [2.45, 2.75) is 31.2 Å². The summed E-state index contributed by atoms with van der Waals surface area (Å²) in [6.07, 6.45) is 2.94. The Morgan fingerprint density at radius 2 is 1.38 bits per heavy atom. The Morgan fingerprint density at radius 1 is 0.857 bits per heavy atom. The molecule has 0 spiro atoms. The van der Waals surface area contributed by atoms with Gasteiger partial charge < -0.3 is 4.74 Å². The number of amides is 1. The molecule has 0 heterocycles. The van der Waals surface area contributed by atoms with Crippen LogP contribution in [0.3, 0.4) is 0 Å². The topological polar surface area (TPSA) is 92.8 Å². The van der Waals surface area contributed by atoms with E-state index in [9.17, 15) is 17.8 Å². The van der Waals surface area contributed by atoms with Crippen LogP contribution in [0, 0.1) is 6.92 Å². The summed E-state index contributed by atoms with van der Waals surface area (Å²) >= 11 is 0. The van der Waals surface area contributed by atoms with Crippen LogP contribution in [-0.2, 0) is 19.3 Å². The van der Waals surface area contributed by atoms with E-state index in [0.29, 0.717) is 10.6 Å². The van der Waals surface area contributed by atoms with Crippen molar-refractivity contribution >= 4 is 34.0 Å². The van der Waals surface area contributed by atoms with Gasteiger partial charge in [0.15, 0.2) is 0 Å². The molecule has 4 aromatic rings. The van der Waals surface area contributed by atoms with Crippen LogP contribution < -0.4 is 15.7 Å². The molecule has 0 saturated carbocycles. The summed E-state index contributed by atoms with van der Waals surface area (Å²) in [6.45, 7) is 3.41. The highest BCUT2D eigenvalue weighted by Gasteiger charge is 2.31. The zero-order valence-corrected chi connectivity index (χ0v) is 25.4. The van der Waals surface area contributed by atoms with Gasteiger partial charge in [-0.2, -0.15) is 0 Å². The van der Waals surface area contributed by atoms with Gasteiger partial charge in [-0.15, -0.1) is 0 Å². The van der Waals surface area contributed by atoms with Crippen LogP contribution in [0.25, 0.3) is 0 Å². The van der Waals surface area contributed by atoms with E-state index in [1.54, 1.807) is 25.1 Å². The highest BCUT2D eigenvalue weighted by Crippen LogP contribution is 2.42. The Hall–Kier alpha value is -3.97. The van der Waals surface area contributed by atoms with E-state index in [2.05, 4.69) is 5.09 Å². The molecule has 9 heteroatoms. The number of carbonyl (C=O) groups excluding carboxylic acids is 1. The van der Waals surface area contributed by atoms with Gasteiger partial charge in [0, 0.05) is 17.2 Å². The number of hydrogen-bond acceptors (Lipinski definition) is 5. The molecule has 0 saturated heterocycles. The summed E-state index contributed by atoms with van der Waals surface area (Å²) in [6, 6.07) is 34.0. The van der Waals surface area contributed by atoms with E-state index >= 15 is 0 Å². The quantitative estimate of drug-likeness (QED) is 0.150. The van der Waals surface area contributed by atoms with Gasteiger partial charge in [-0.1, -0.05) is 96.6 Å². The van der Waals surface area contributed by atoms with Crippen LogP contribution in [0.2, 0.25) is 0 Å². The van der Waals surface area contributed by atoms with Gasteiger partial charge in [0.25, 0.3) is 10.0 Å². The summed E-state index contributed by atoms with van der Waals surface area (Å²) < 4.78 is 47.3. The van der Waals surface area contributed by atoms with Gasteiger partial charge in [0.05, 0.1) is 17.5 Å². The van der Waals surface area contributed by atoms with Crippen LogP contribution in [0.5, 0.6) is 0 Å². The molecule has 4 rings (SSSR count). The first-order valence-electron chi connectivity index (χ1n) is 13.7. The van der Waals surface area contributed by atoms with Crippen molar-refractivity contribution in [2.75, 3.05) is 13.2 Å². The van der Waals surface area contributed by atoms with Gasteiger partial charge >= 0.3 is 6.09 Å². The van der Waals surface area contributed by atoms with E-state index in [1.165, 1.54) is 12.1 Å². The lowest BCUT2D eigenvalue weighted by Crippen LogP contribution is -2.38. The van der Waals surface area contributed by atoms with E-state index in [0.717, 1.165) is 15.4 Å². The second-order valence-electron chi connectivity index (χ2n) is 9.60. The second-order valence-corrected chi connectivity index (χ2v) is 14.0. The minimum atomic E-state index is -4.13. The number of aryl methyl sites for hydroxylation is 1. The number of carbonyl (C=O) groups is 1. The Bertz CT molecular complexity index is 1590. The maximum atomic E-state index is 14.7. The van der Waals surface area contributed by atoms with Crippen molar-refractivity contribution in [3.05, 3.63) is 139 Å². The molecule has 4 aromatic carbocycles. The lowest BCUT2D eigenvalue weighted by Gasteiger charge is -2.26. The first kappa shape index (κ1) is 31.0. The number of nitrogens with zero attached hydrogens (tertiary/aromatic N) is 1. The van der Waals surface area contributed by atoms with Crippen molar-refractivity contribution in [2.24, 2.45) is 0 Å². The fourth-order valence-corrected chi connectivity index (χ4v) is 8.16. The Morgan fingerprint density at radius 3 is 1.90 bits per heavy atom. The van der Waals surface area contributed by atoms with E-state index in [1.807, 2.05) is 104 Å². The molecule has 0 aliphatic carbocycles. The third-order valence-corrected chi connectivity index (χ3v) is 11.1. The van der Waals surface area contributed by atoms with Crippen molar-refractivity contribution in [1.82, 2.24) is 9.39 Å². The summed E-state index contributed by atoms with van der Waals surface area (Å²) in [7, 11) is -7.42. The first-order valence-corrected chi connectivity index (χ1v) is 16.9. The lowest BCUT2D eigenvalue weighted by atomic mass is 10.1. The molecule has 42 heavy (non-hydrogen) atoms. The van der Waals surface area contributed by atoms with Crippen LogP contribution in [0.1, 0.15) is 30.5 Å².